The van der Waals surface area contributed by atoms with Crippen molar-refractivity contribution in [3.63, 3.8) is 0 Å². The average molecular weight is 450 g/mol. The molecule has 0 radical (unpaired) electrons. The number of aryl methyl sites for hydroxylation is 1. The van der Waals surface area contributed by atoms with Crippen molar-refractivity contribution in [1.29, 1.82) is 0 Å². The van der Waals surface area contributed by atoms with Crippen LogP contribution in [0.2, 0.25) is 0 Å². The van der Waals surface area contributed by atoms with Crippen molar-refractivity contribution in [2.24, 2.45) is 5.92 Å². The number of nitrogens with zero attached hydrogens (tertiary/aromatic N) is 3. The lowest BCUT2D eigenvalue weighted by molar-refractivity contribution is 0.0949. The molecule has 2 aromatic heterocycles. The van der Waals surface area contributed by atoms with Gasteiger partial charge in [-0.05, 0) is 36.8 Å². The van der Waals surface area contributed by atoms with Crippen molar-refractivity contribution in [2.45, 2.75) is 38.4 Å². The van der Waals surface area contributed by atoms with E-state index in [9.17, 15) is 4.79 Å². The second kappa shape index (κ2) is 8.93. The molecule has 2 N–H and O–H groups in total. The number of aromatic amines is 1. The minimum absolute atomic E-state index is 0.0872. The number of nitrogens with one attached hydrogen (secondary N) is 2. The van der Waals surface area contributed by atoms with E-state index in [1.807, 2.05) is 30.5 Å². The first kappa shape index (κ1) is 19.9. The maximum absolute atomic E-state index is 12.4. The van der Waals surface area contributed by atoms with Gasteiger partial charge >= 0.3 is 0 Å². The van der Waals surface area contributed by atoms with E-state index in [2.05, 4.69) is 54.8 Å². The molecule has 0 atom stereocenters. The van der Waals surface area contributed by atoms with Crippen molar-refractivity contribution in [2.75, 3.05) is 12.8 Å². The van der Waals surface area contributed by atoms with E-state index >= 15 is 0 Å². The van der Waals surface area contributed by atoms with Crippen molar-refractivity contribution >= 4 is 44.5 Å². The Labute approximate surface area is 171 Å². The Kier molecular flexibility index (Phi) is 6.59. The first-order chi connectivity index (χ1) is 13.0. The molecule has 3 rings (SSSR count). The number of amides is 1. The van der Waals surface area contributed by atoms with Crippen LogP contribution in [-0.4, -0.2) is 38.5 Å². The number of carbonyl (C=O) groups is 1. The number of hydrogen-bond acceptors (Lipinski definition) is 4. The topological polar surface area (TPSA) is 75.6 Å². The molecule has 1 amide bonds. The highest BCUT2D eigenvalue weighted by Gasteiger charge is 2.13. The molecular formula is C19H24BrN5OS. The summed E-state index contributed by atoms with van der Waals surface area (Å²) in [6, 6.07) is 7.80. The summed E-state index contributed by atoms with van der Waals surface area (Å²) in [5, 5.41) is 13.5. The van der Waals surface area contributed by atoms with Crippen molar-refractivity contribution < 1.29 is 4.79 Å². The third kappa shape index (κ3) is 4.93. The molecule has 1 aromatic carbocycles. The fourth-order valence-corrected chi connectivity index (χ4v) is 3.85. The highest BCUT2D eigenvalue weighted by molar-refractivity contribution is 9.10. The van der Waals surface area contributed by atoms with Gasteiger partial charge in [0.15, 0.2) is 5.16 Å². The standard InChI is InChI=1S/C19H24BrN5OS/c1-12(2)11-25-17(23-24-19(25)27-3)5-4-8-21-18(26)16-9-13-6-7-14(20)10-15(13)22-16/h6-7,9-10,12,22H,4-5,8,11H2,1-3H3,(H,21,26). The molecule has 0 bridgehead atoms. The van der Waals surface area contributed by atoms with Crippen molar-refractivity contribution in [3.8, 4) is 0 Å². The predicted octanol–water partition coefficient (Wildman–Crippen LogP) is 4.26. The smallest absolute Gasteiger partial charge is 0.267 e. The zero-order chi connectivity index (χ0) is 19.4. The highest BCUT2D eigenvalue weighted by Crippen LogP contribution is 2.20. The summed E-state index contributed by atoms with van der Waals surface area (Å²) in [4.78, 5) is 15.5. The summed E-state index contributed by atoms with van der Waals surface area (Å²) in [6.45, 7) is 5.89. The van der Waals surface area contributed by atoms with Crippen molar-refractivity contribution in [3.05, 3.63) is 40.3 Å². The monoisotopic (exact) mass is 449 g/mol. The first-order valence-electron chi connectivity index (χ1n) is 9.00. The summed E-state index contributed by atoms with van der Waals surface area (Å²) in [7, 11) is 0. The van der Waals surface area contributed by atoms with Crippen LogP contribution >= 0.6 is 27.7 Å². The van der Waals surface area contributed by atoms with Gasteiger partial charge in [0.05, 0.1) is 0 Å². The number of H-pyrrole nitrogens is 1. The zero-order valence-corrected chi connectivity index (χ0v) is 18.2. The normalized spacial score (nSPS) is 11.4. The summed E-state index contributed by atoms with van der Waals surface area (Å²) < 4.78 is 3.17. The number of carbonyl (C=O) groups excluding carboxylic acids is 1. The van der Waals surface area contributed by atoms with E-state index in [0.717, 1.165) is 45.7 Å². The van der Waals surface area contributed by atoms with Crippen LogP contribution in [-0.2, 0) is 13.0 Å². The largest absolute Gasteiger partial charge is 0.351 e. The van der Waals surface area contributed by atoms with Crippen LogP contribution in [0.15, 0.2) is 33.9 Å². The van der Waals surface area contributed by atoms with Crippen LogP contribution in [0.3, 0.4) is 0 Å². The number of halogens is 1. The minimum atomic E-state index is -0.0872. The molecular weight excluding hydrogens is 426 g/mol. The number of hydrogen-bond donors (Lipinski definition) is 2. The van der Waals surface area contributed by atoms with Gasteiger partial charge in [0.25, 0.3) is 5.91 Å². The van der Waals surface area contributed by atoms with E-state index in [1.54, 1.807) is 11.8 Å². The van der Waals surface area contributed by atoms with Gasteiger partial charge < -0.3 is 14.9 Å². The van der Waals surface area contributed by atoms with E-state index in [-0.39, 0.29) is 5.91 Å². The molecule has 27 heavy (non-hydrogen) atoms. The zero-order valence-electron chi connectivity index (χ0n) is 15.8. The van der Waals surface area contributed by atoms with Gasteiger partial charge in [-0.1, -0.05) is 47.6 Å². The quantitative estimate of drug-likeness (QED) is 0.397. The van der Waals surface area contributed by atoms with Gasteiger partial charge in [-0.25, -0.2) is 0 Å². The Morgan fingerprint density at radius 3 is 2.89 bits per heavy atom. The van der Waals surface area contributed by atoms with E-state index < -0.39 is 0 Å². The van der Waals surface area contributed by atoms with Gasteiger partial charge in [-0.15, -0.1) is 10.2 Å². The average Bonchev–Trinajstić information content (AvgIpc) is 3.21. The minimum Gasteiger partial charge on any atom is -0.351 e. The number of rotatable bonds is 8. The molecule has 0 saturated heterocycles. The van der Waals surface area contributed by atoms with Crippen LogP contribution < -0.4 is 5.32 Å². The third-order valence-corrected chi connectivity index (χ3v) is 5.38. The lowest BCUT2D eigenvalue weighted by Crippen LogP contribution is -2.25. The molecule has 2 heterocycles. The van der Waals surface area contributed by atoms with Gasteiger partial charge in [0.2, 0.25) is 0 Å². The molecule has 0 aliphatic carbocycles. The third-order valence-electron chi connectivity index (χ3n) is 4.22. The molecule has 144 valence electrons. The van der Waals surface area contributed by atoms with Crippen LogP contribution in [0.1, 0.15) is 36.6 Å². The van der Waals surface area contributed by atoms with Crippen LogP contribution in [0.25, 0.3) is 10.9 Å². The molecule has 0 saturated carbocycles. The molecule has 0 unspecified atom stereocenters. The summed E-state index contributed by atoms with van der Waals surface area (Å²) >= 11 is 5.06. The number of aromatic nitrogens is 4. The molecule has 0 spiro atoms. The molecule has 0 aliphatic rings. The van der Waals surface area contributed by atoms with Gasteiger partial charge in [0, 0.05) is 34.9 Å². The Balaban J connectivity index is 1.55. The highest BCUT2D eigenvalue weighted by atomic mass is 79.9. The maximum Gasteiger partial charge on any atom is 0.267 e. The predicted molar refractivity (Wildman–Crippen MR) is 113 cm³/mol. The van der Waals surface area contributed by atoms with Crippen molar-refractivity contribution in [1.82, 2.24) is 25.1 Å². The number of benzene rings is 1. The Morgan fingerprint density at radius 1 is 1.33 bits per heavy atom. The second-order valence-electron chi connectivity index (χ2n) is 6.88. The number of fused-ring (bicyclic) bond motifs is 1. The molecule has 0 aliphatic heterocycles. The summed E-state index contributed by atoms with van der Waals surface area (Å²) in [6.07, 6.45) is 3.63. The molecule has 8 heteroatoms. The van der Waals surface area contributed by atoms with Gasteiger partial charge in [-0.3, -0.25) is 4.79 Å². The molecule has 6 nitrogen and oxygen atoms in total. The Hall–Kier alpha value is -1.80. The van der Waals surface area contributed by atoms with Crippen LogP contribution in [0.5, 0.6) is 0 Å². The maximum atomic E-state index is 12.4. The fourth-order valence-electron chi connectivity index (χ4n) is 2.97. The first-order valence-corrected chi connectivity index (χ1v) is 11.0. The molecule has 3 aromatic rings. The van der Waals surface area contributed by atoms with E-state index in [4.69, 9.17) is 0 Å². The SMILES string of the molecule is CSc1nnc(CCCNC(=O)c2cc3ccc(Br)cc3[nH]2)n1CC(C)C. The summed E-state index contributed by atoms with van der Waals surface area (Å²) in [5.41, 5.74) is 1.52. The summed E-state index contributed by atoms with van der Waals surface area (Å²) in [5.74, 6) is 1.43. The second-order valence-corrected chi connectivity index (χ2v) is 8.57. The Bertz CT molecular complexity index is 933. The Morgan fingerprint density at radius 2 is 2.15 bits per heavy atom. The van der Waals surface area contributed by atoms with Crippen LogP contribution in [0, 0.1) is 5.92 Å². The van der Waals surface area contributed by atoms with E-state index in [1.165, 1.54) is 0 Å². The van der Waals surface area contributed by atoms with Crippen LogP contribution in [0.4, 0.5) is 0 Å². The molecule has 0 fully saturated rings. The lowest BCUT2D eigenvalue weighted by atomic mass is 10.2. The van der Waals surface area contributed by atoms with Gasteiger partial charge in [0.1, 0.15) is 11.5 Å². The fraction of sp³-hybridized carbons (Fsp3) is 0.421. The van der Waals surface area contributed by atoms with E-state index in [0.29, 0.717) is 18.2 Å². The lowest BCUT2D eigenvalue weighted by Gasteiger charge is -2.11. The number of thioether (sulfide) groups is 1. The van der Waals surface area contributed by atoms with Gasteiger partial charge in [-0.2, -0.15) is 0 Å².